The first kappa shape index (κ1) is 11.9. The summed E-state index contributed by atoms with van der Waals surface area (Å²) >= 11 is 3.20. The van der Waals surface area contributed by atoms with E-state index in [0.29, 0.717) is 10.2 Å². The first-order chi connectivity index (χ1) is 7.99. The van der Waals surface area contributed by atoms with Crippen molar-refractivity contribution in [3.63, 3.8) is 0 Å². The second kappa shape index (κ2) is 4.38. The highest BCUT2D eigenvalue weighted by Crippen LogP contribution is 2.23. The zero-order valence-electron chi connectivity index (χ0n) is 8.51. The van der Waals surface area contributed by atoms with Crippen LogP contribution >= 0.6 is 15.9 Å². The molecule has 0 bridgehead atoms. The van der Waals surface area contributed by atoms with E-state index in [0.717, 1.165) is 0 Å². The van der Waals surface area contributed by atoms with Gasteiger partial charge in [-0.25, -0.2) is 18.1 Å². The maximum Gasteiger partial charge on any atom is 0.264 e. The fourth-order valence-corrected chi connectivity index (χ4v) is 2.46. The van der Waals surface area contributed by atoms with Gasteiger partial charge in [0.05, 0.1) is 4.90 Å². The van der Waals surface area contributed by atoms with Gasteiger partial charge in [0.15, 0.2) is 0 Å². The Morgan fingerprint density at radius 2 is 2.18 bits per heavy atom. The summed E-state index contributed by atoms with van der Waals surface area (Å²) in [5, 5.41) is 0. The summed E-state index contributed by atoms with van der Waals surface area (Å²) in [6, 6.07) is 4.40. The van der Waals surface area contributed by atoms with Crippen LogP contribution in [0.5, 0.6) is 0 Å². The van der Waals surface area contributed by atoms with Crippen molar-refractivity contribution in [1.29, 1.82) is 0 Å². The minimum atomic E-state index is -3.67. The maximum atomic E-state index is 11.9. The highest BCUT2D eigenvalue weighted by molar-refractivity contribution is 9.10. The quantitative estimate of drug-likeness (QED) is 0.748. The van der Waals surface area contributed by atoms with Crippen LogP contribution in [0.15, 0.2) is 40.0 Å². The molecular formula is C9H9BrN4O2S. The van der Waals surface area contributed by atoms with Crippen LogP contribution in [0.2, 0.25) is 0 Å². The molecule has 0 aliphatic carbocycles. The summed E-state index contributed by atoms with van der Waals surface area (Å²) < 4.78 is 26.8. The van der Waals surface area contributed by atoms with Crippen LogP contribution in [-0.4, -0.2) is 18.4 Å². The highest BCUT2D eigenvalue weighted by Gasteiger charge is 2.16. The molecule has 1 aromatic heterocycles. The van der Waals surface area contributed by atoms with Gasteiger partial charge in [-0.2, -0.15) is 0 Å². The monoisotopic (exact) mass is 316 g/mol. The summed E-state index contributed by atoms with van der Waals surface area (Å²) in [6.07, 6.45) is 2.97. The van der Waals surface area contributed by atoms with Crippen molar-refractivity contribution < 1.29 is 8.42 Å². The molecule has 90 valence electrons. The fraction of sp³-hybridized carbons (Fsp3) is 0. The van der Waals surface area contributed by atoms with E-state index >= 15 is 0 Å². The highest BCUT2D eigenvalue weighted by atomic mass is 79.9. The third-order valence-electron chi connectivity index (χ3n) is 2.01. The molecule has 0 aliphatic rings. The Kier molecular flexibility index (Phi) is 3.07. The minimum absolute atomic E-state index is 0.0783. The van der Waals surface area contributed by atoms with Gasteiger partial charge >= 0.3 is 0 Å². The van der Waals surface area contributed by atoms with E-state index < -0.39 is 10.0 Å². The zero-order chi connectivity index (χ0) is 12.5. The van der Waals surface area contributed by atoms with E-state index in [1.54, 1.807) is 6.07 Å². The van der Waals surface area contributed by atoms with E-state index in [9.17, 15) is 8.42 Å². The topological polar surface area (TPSA) is 101 Å². The van der Waals surface area contributed by atoms with Gasteiger partial charge in [0, 0.05) is 22.6 Å². The van der Waals surface area contributed by atoms with E-state index in [1.807, 2.05) is 0 Å². The van der Waals surface area contributed by atoms with Gasteiger partial charge < -0.3 is 10.7 Å². The van der Waals surface area contributed by atoms with Crippen LogP contribution in [-0.2, 0) is 10.0 Å². The SMILES string of the molecule is Nc1cc(S(=O)(=O)Nc2ncc[nH]2)ccc1Br. The van der Waals surface area contributed by atoms with Crippen molar-refractivity contribution in [2.45, 2.75) is 4.90 Å². The number of H-pyrrole nitrogens is 1. The van der Waals surface area contributed by atoms with Gasteiger partial charge in [-0.15, -0.1) is 0 Å². The lowest BCUT2D eigenvalue weighted by atomic mass is 10.3. The number of aromatic nitrogens is 2. The summed E-state index contributed by atoms with van der Waals surface area (Å²) in [5.41, 5.74) is 5.98. The Morgan fingerprint density at radius 1 is 1.41 bits per heavy atom. The Morgan fingerprint density at radius 3 is 2.76 bits per heavy atom. The number of aromatic amines is 1. The van der Waals surface area contributed by atoms with E-state index in [2.05, 4.69) is 30.6 Å². The molecule has 0 amide bonds. The number of nitrogens with zero attached hydrogens (tertiary/aromatic N) is 1. The predicted octanol–water partition coefficient (Wildman–Crippen LogP) is 1.56. The molecule has 8 heteroatoms. The largest absolute Gasteiger partial charge is 0.398 e. The molecule has 1 aromatic carbocycles. The van der Waals surface area contributed by atoms with Crippen LogP contribution in [0, 0.1) is 0 Å². The lowest BCUT2D eigenvalue weighted by Gasteiger charge is -2.06. The molecule has 0 atom stereocenters. The van der Waals surface area contributed by atoms with Gasteiger partial charge in [0.25, 0.3) is 10.0 Å². The maximum absolute atomic E-state index is 11.9. The Labute approximate surface area is 106 Å². The molecule has 2 aromatic rings. The average Bonchev–Trinajstić information content (AvgIpc) is 2.73. The van der Waals surface area contributed by atoms with Crippen molar-refractivity contribution in [2.24, 2.45) is 0 Å². The molecule has 4 N–H and O–H groups in total. The Hall–Kier alpha value is -1.54. The molecule has 1 heterocycles. The number of nitrogen functional groups attached to an aromatic ring is 1. The minimum Gasteiger partial charge on any atom is -0.398 e. The molecule has 0 fully saturated rings. The number of imidazole rings is 1. The Balaban J connectivity index is 2.35. The van der Waals surface area contributed by atoms with Crippen molar-refractivity contribution in [3.8, 4) is 0 Å². The van der Waals surface area contributed by atoms with Crippen LogP contribution < -0.4 is 10.5 Å². The number of sulfonamides is 1. The molecule has 0 radical (unpaired) electrons. The van der Waals surface area contributed by atoms with Crippen molar-refractivity contribution in [1.82, 2.24) is 9.97 Å². The summed E-state index contributed by atoms with van der Waals surface area (Å²) in [4.78, 5) is 6.51. The predicted molar refractivity (Wildman–Crippen MR) is 68.0 cm³/mol. The molecule has 2 rings (SSSR count). The zero-order valence-corrected chi connectivity index (χ0v) is 10.9. The normalized spacial score (nSPS) is 11.4. The fourth-order valence-electron chi connectivity index (χ4n) is 1.20. The average molecular weight is 317 g/mol. The summed E-state index contributed by atoms with van der Waals surface area (Å²) in [6.45, 7) is 0. The third-order valence-corrected chi connectivity index (χ3v) is 4.07. The number of benzene rings is 1. The molecular weight excluding hydrogens is 308 g/mol. The third kappa shape index (κ3) is 2.59. The van der Waals surface area contributed by atoms with Crippen molar-refractivity contribution >= 4 is 37.6 Å². The molecule has 0 spiro atoms. The van der Waals surface area contributed by atoms with Gasteiger partial charge in [0.1, 0.15) is 0 Å². The molecule has 0 aliphatic heterocycles. The van der Waals surface area contributed by atoms with Crippen LogP contribution in [0.3, 0.4) is 0 Å². The number of nitrogens with one attached hydrogen (secondary N) is 2. The van der Waals surface area contributed by atoms with Gasteiger partial charge in [-0.05, 0) is 34.1 Å². The lowest BCUT2D eigenvalue weighted by molar-refractivity contribution is 0.601. The summed E-state index contributed by atoms with van der Waals surface area (Å²) in [7, 11) is -3.67. The van der Waals surface area contributed by atoms with Gasteiger partial charge in [-0.1, -0.05) is 0 Å². The number of hydrogen-bond acceptors (Lipinski definition) is 4. The van der Waals surface area contributed by atoms with Crippen LogP contribution in [0.25, 0.3) is 0 Å². The van der Waals surface area contributed by atoms with Crippen LogP contribution in [0.1, 0.15) is 0 Å². The Bertz CT molecular complexity index is 624. The number of halogens is 1. The molecule has 0 saturated heterocycles. The first-order valence-corrected chi connectivity index (χ1v) is 6.84. The second-order valence-electron chi connectivity index (χ2n) is 3.23. The second-order valence-corrected chi connectivity index (χ2v) is 5.76. The number of hydrogen-bond donors (Lipinski definition) is 3. The molecule has 17 heavy (non-hydrogen) atoms. The van der Waals surface area contributed by atoms with Gasteiger partial charge in [0.2, 0.25) is 5.95 Å². The first-order valence-electron chi connectivity index (χ1n) is 4.56. The number of anilines is 2. The van der Waals surface area contributed by atoms with Crippen molar-refractivity contribution in [2.75, 3.05) is 10.5 Å². The van der Waals surface area contributed by atoms with E-state index in [4.69, 9.17) is 5.73 Å². The standard InChI is InChI=1S/C9H9BrN4O2S/c10-7-2-1-6(5-8(7)11)17(15,16)14-9-12-3-4-13-9/h1-5H,11H2,(H2,12,13,14). The smallest absolute Gasteiger partial charge is 0.264 e. The lowest BCUT2D eigenvalue weighted by Crippen LogP contribution is -2.14. The van der Waals surface area contributed by atoms with Crippen molar-refractivity contribution in [3.05, 3.63) is 35.1 Å². The van der Waals surface area contributed by atoms with E-state index in [1.165, 1.54) is 24.5 Å². The molecule has 0 unspecified atom stereocenters. The summed E-state index contributed by atoms with van der Waals surface area (Å²) in [5.74, 6) is 0.159. The molecule has 6 nitrogen and oxygen atoms in total. The van der Waals surface area contributed by atoms with Gasteiger partial charge in [-0.3, -0.25) is 0 Å². The number of rotatable bonds is 3. The number of nitrogens with two attached hydrogens (primary N) is 1. The molecule has 0 saturated carbocycles. The van der Waals surface area contributed by atoms with E-state index in [-0.39, 0.29) is 10.8 Å². The van der Waals surface area contributed by atoms with Crippen LogP contribution in [0.4, 0.5) is 11.6 Å².